The van der Waals surface area contributed by atoms with Crippen LogP contribution in [0, 0.1) is 6.92 Å². The fraction of sp³-hybridized carbons (Fsp3) is 0.385. The normalized spacial score (nSPS) is 10.1. The third-order valence-electron chi connectivity index (χ3n) is 2.44. The molecule has 5 nitrogen and oxygen atoms in total. The molecule has 0 atom stereocenters. The number of carbonyl (C=O) groups is 2. The van der Waals surface area contributed by atoms with Gasteiger partial charge in [-0.1, -0.05) is 17.7 Å². The SMILES string of the molecule is COCCN(CC(=O)O)C(=O)c1cccc(C)c1. The van der Waals surface area contributed by atoms with Crippen LogP contribution in [0.5, 0.6) is 0 Å². The Morgan fingerprint density at radius 3 is 2.67 bits per heavy atom. The quantitative estimate of drug-likeness (QED) is 0.824. The summed E-state index contributed by atoms with van der Waals surface area (Å²) in [6.07, 6.45) is 0. The van der Waals surface area contributed by atoms with Gasteiger partial charge >= 0.3 is 5.97 Å². The van der Waals surface area contributed by atoms with Gasteiger partial charge in [0.1, 0.15) is 6.54 Å². The number of methoxy groups -OCH3 is 1. The first kappa shape index (κ1) is 14.2. The summed E-state index contributed by atoms with van der Waals surface area (Å²) in [6, 6.07) is 7.08. The van der Waals surface area contributed by atoms with Gasteiger partial charge in [-0.05, 0) is 19.1 Å². The van der Waals surface area contributed by atoms with E-state index in [1.54, 1.807) is 18.2 Å². The third kappa shape index (κ3) is 4.18. The van der Waals surface area contributed by atoms with Crippen LogP contribution in [0.4, 0.5) is 0 Å². The van der Waals surface area contributed by atoms with Crippen LogP contribution in [0.3, 0.4) is 0 Å². The van der Waals surface area contributed by atoms with Crippen molar-refractivity contribution in [2.24, 2.45) is 0 Å². The second-order valence-corrected chi connectivity index (χ2v) is 3.98. The lowest BCUT2D eigenvalue weighted by Crippen LogP contribution is -2.38. The molecule has 5 heteroatoms. The molecule has 0 radical (unpaired) electrons. The zero-order valence-corrected chi connectivity index (χ0v) is 10.5. The zero-order chi connectivity index (χ0) is 13.5. The van der Waals surface area contributed by atoms with Crippen molar-refractivity contribution in [3.05, 3.63) is 35.4 Å². The Kier molecular flexibility index (Phi) is 5.32. The summed E-state index contributed by atoms with van der Waals surface area (Å²) in [5.74, 6) is -1.33. The van der Waals surface area contributed by atoms with Crippen molar-refractivity contribution in [3.63, 3.8) is 0 Å². The summed E-state index contributed by atoms with van der Waals surface area (Å²) in [6.45, 7) is 2.13. The number of aliphatic carboxylic acids is 1. The van der Waals surface area contributed by atoms with Crippen LogP contribution in [-0.2, 0) is 9.53 Å². The molecule has 1 aromatic carbocycles. The fourth-order valence-electron chi connectivity index (χ4n) is 1.58. The summed E-state index contributed by atoms with van der Waals surface area (Å²) in [7, 11) is 1.51. The van der Waals surface area contributed by atoms with E-state index in [1.165, 1.54) is 12.0 Å². The van der Waals surface area contributed by atoms with Crippen molar-refractivity contribution >= 4 is 11.9 Å². The highest BCUT2D eigenvalue weighted by atomic mass is 16.5. The maximum atomic E-state index is 12.1. The van der Waals surface area contributed by atoms with E-state index in [1.807, 2.05) is 13.0 Å². The number of hydrogen-bond donors (Lipinski definition) is 1. The van der Waals surface area contributed by atoms with Crippen molar-refractivity contribution in [3.8, 4) is 0 Å². The maximum absolute atomic E-state index is 12.1. The Morgan fingerprint density at radius 1 is 1.39 bits per heavy atom. The summed E-state index contributed by atoms with van der Waals surface area (Å²) in [5.41, 5.74) is 1.45. The molecule has 0 fully saturated rings. The number of rotatable bonds is 6. The van der Waals surface area contributed by atoms with E-state index in [0.717, 1.165) is 5.56 Å². The van der Waals surface area contributed by atoms with Gasteiger partial charge in [0.2, 0.25) is 0 Å². The molecule has 1 N–H and O–H groups in total. The molecule has 1 aromatic rings. The summed E-state index contributed by atoms with van der Waals surface area (Å²) in [5, 5.41) is 8.80. The Morgan fingerprint density at radius 2 is 2.11 bits per heavy atom. The molecule has 0 aromatic heterocycles. The number of hydrogen-bond acceptors (Lipinski definition) is 3. The van der Waals surface area contributed by atoms with E-state index in [4.69, 9.17) is 9.84 Å². The molecule has 0 saturated carbocycles. The van der Waals surface area contributed by atoms with E-state index in [-0.39, 0.29) is 19.0 Å². The van der Waals surface area contributed by atoms with E-state index in [0.29, 0.717) is 12.2 Å². The predicted molar refractivity (Wildman–Crippen MR) is 66.6 cm³/mol. The average Bonchev–Trinajstić information content (AvgIpc) is 2.33. The number of carboxylic acids is 1. The lowest BCUT2D eigenvalue weighted by atomic mass is 10.1. The maximum Gasteiger partial charge on any atom is 0.323 e. The Bertz CT molecular complexity index is 431. The number of carbonyl (C=O) groups excluding carboxylic acids is 1. The number of ether oxygens (including phenoxy) is 1. The van der Waals surface area contributed by atoms with Gasteiger partial charge in [-0.3, -0.25) is 9.59 Å². The Hall–Kier alpha value is -1.88. The van der Waals surface area contributed by atoms with Crippen molar-refractivity contribution in [1.82, 2.24) is 4.90 Å². The molecule has 0 aliphatic heterocycles. The smallest absolute Gasteiger partial charge is 0.323 e. The average molecular weight is 251 g/mol. The molecule has 0 unspecified atom stereocenters. The summed E-state index contributed by atoms with van der Waals surface area (Å²) in [4.78, 5) is 24.2. The van der Waals surface area contributed by atoms with Gasteiger partial charge in [0.05, 0.1) is 6.61 Å². The lowest BCUT2D eigenvalue weighted by Gasteiger charge is -2.20. The minimum atomic E-state index is -1.04. The van der Waals surface area contributed by atoms with E-state index in [9.17, 15) is 9.59 Å². The molecule has 0 aliphatic carbocycles. The Balaban J connectivity index is 2.83. The van der Waals surface area contributed by atoms with Crippen molar-refractivity contribution < 1.29 is 19.4 Å². The predicted octanol–water partition coefficient (Wildman–Crippen LogP) is 1.17. The lowest BCUT2D eigenvalue weighted by molar-refractivity contribution is -0.137. The van der Waals surface area contributed by atoms with Gasteiger partial charge < -0.3 is 14.7 Å². The Labute approximate surface area is 106 Å². The molecular weight excluding hydrogens is 234 g/mol. The van der Waals surface area contributed by atoms with Gasteiger partial charge in [0.15, 0.2) is 0 Å². The summed E-state index contributed by atoms with van der Waals surface area (Å²) >= 11 is 0. The zero-order valence-electron chi connectivity index (χ0n) is 10.5. The molecule has 0 heterocycles. The molecule has 98 valence electrons. The van der Waals surface area contributed by atoms with E-state index >= 15 is 0 Å². The van der Waals surface area contributed by atoms with Crippen LogP contribution in [-0.4, -0.2) is 48.7 Å². The van der Waals surface area contributed by atoms with Crippen LogP contribution in [0.25, 0.3) is 0 Å². The monoisotopic (exact) mass is 251 g/mol. The molecule has 1 rings (SSSR count). The second kappa shape index (κ2) is 6.76. The van der Waals surface area contributed by atoms with Crippen LogP contribution in [0.15, 0.2) is 24.3 Å². The minimum Gasteiger partial charge on any atom is -0.480 e. The van der Waals surface area contributed by atoms with Crippen molar-refractivity contribution in [1.29, 1.82) is 0 Å². The van der Waals surface area contributed by atoms with Crippen molar-refractivity contribution in [2.45, 2.75) is 6.92 Å². The van der Waals surface area contributed by atoms with Gasteiger partial charge in [0.25, 0.3) is 5.91 Å². The topological polar surface area (TPSA) is 66.8 Å². The molecule has 0 spiro atoms. The molecular formula is C13H17NO4. The standard InChI is InChI=1S/C13H17NO4/c1-10-4-3-5-11(8-10)13(17)14(6-7-18-2)9-12(15)16/h3-5,8H,6-7,9H2,1-2H3,(H,15,16). The first-order valence-electron chi connectivity index (χ1n) is 5.61. The first-order valence-corrected chi connectivity index (χ1v) is 5.61. The van der Waals surface area contributed by atoms with Gasteiger partial charge in [0, 0.05) is 19.2 Å². The van der Waals surface area contributed by atoms with Gasteiger partial charge in [-0.15, -0.1) is 0 Å². The fourth-order valence-corrected chi connectivity index (χ4v) is 1.58. The number of carboxylic acid groups (broad SMARTS) is 1. The molecule has 18 heavy (non-hydrogen) atoms. The molecule has 0 saturated heterocycles. The third-order valence-corrected chi connectivity index (χ3v) is 2.44. The van der Waals surface area contributed by atoms with Gasteiger partial charge in [-0.25, -0.2) is 0 Å². The highest BCUT2D eigenvalue weighted by Gasteiger charge is 2.18. The van der Waals surface area contributed by atoms with Gasteiger partial charge in [-0.2, -0.15) is 0 Å². The number of amides is 1. The molecule has 1 amide bonds. The second-order valence-electron chi connectivity index (χ2n) is 3.98. The van der Waals surface area contributed by atoms with Crippen LogP contribution in [0.1, 0.15) is 15.9 Å². The minimum absolute atomic E-state index is 0.259. The van der Waals surface area contributed by atoms with Crippen LogP contribution >= 0.6 is 0 Å². The van der Waals surface area contributed by atoms with E-state index in [2.05, 4.69) is 0 Å². The molecule has 0 bridgehead atoms. The van der Waals surface area contributed by atoms with Crippen molar-refractivity contribution in [2.75, 3.05) is 26.8 Å². The first-order chi connectivity index (χ1) is 8.54. The number of benzene rings is 1. The highest BCUT2D eigenvalue weighted by molar-refractivity contribution is 5.96. The number of nitrogens with zero attached hydrogens (tertiary/aromatic N) is 1. The van der Waals surface area contributed by atoms with Crippen LogP contribution in [0.2, 0.25) is 0 Å². The van der Waals surface area contributed by atoms with E-state index < -0.39 is 5.97 Å². The summed E-state index contributed by atoms with van der Waals surface area (Å²) < 4.78 is 4.88. The highest BCUT2D eigenvalue weighted by Crippen LogP contribution is 2.07. The molecule has 0 aliphatic rings. The van der Waals surface area contributed by atoms with Crippen LogP contribution < -0.4 is 0 Å². The largest absolute Gasteiger partial charge is 0.480 e. The number of aryl methyl sites for hydroxylation is 1.